The summed E-state index contributed by atoms with van der Waals surface area (Å²) in [5.74, 6) is -3.83. The van der Waals surface area contributed by atoms with Gasteiger partial charge in [0.15, 0.2) is 6.04 Å². The minimum absolute atomic E-state index is 0.00191. The molecule has 5 unspecified atom stereocenters. The van der Waals surface area contributed by atoms with E-state index in [0.29, 0.717) is 5.56 Å². The highest BCUT2D eigenvalue weighted by atomic mass is 16.4. The Kier molecular flexibility index (Phi) is 9.89. The molecule has 0 saturated heterocycles. The Hall–Kier alpha value is -3.02. The molecule has 0 aliphatic heterocycles. The highest BCUT2D eigenvalue weighted by molar-refractivity contribution is 5.94. The highest BCUT2D eigenvalue weighted by Crippen LogP contribution is 2.06. The molecule has 8 N–H and O–H groups in total. The summed E-state index contributed by atoms with van der Waals surface area (Å²) in [6.45, 7) is 2.08. The summed E-state index contributed by atoms with van der Waals surface area (Å²) in [6, 6.07) is 4.42. The highest BCUT2D eigenvalue weighted by Gasteiger charge is 2.32. The van der Waals surface area contributed by atoms with Crippen molar-refractivity contribution in [3.63, 3.8) is 0 Å². The van der Waals surface area contributed by atoms with Gasteiger partial charge in [-0.25, -0.2) is 4.79 Å². The van der Waals surface area contributed by atoms with E-state index in [4.69, 9.17) is 5.73 Å². The molecule has 0 heterocycles. The van der Waals surface area contributed by atoms with Crippen LogP contribution >= 0.6 is 0 Å². The van der Waals surface area contributed by atoms with Crippen molar-refractivity contribution in [1.82, 2.24) is 16.0 Å². The maximum atomic E-state index is 12.7. The van der Waals surface area contributed by atoms with E-state index in [1.165, 1.54) is 13.8 Å². The SMILES string of the molecule is CC(O)C(NC(=O)C(Cc1ccccc1)NC(=O)C(NC(=O)CN)C(C)O)C(=O)O. The lowest BCUT2D eigenvalue weighted by atomic mass is 10.0. The largest absolute Gasteiger partial charge is 0.480 e. The summed E-state index contributed by atoms with van der Waals surface area (Å²) < 4.78 is 0. The van der Waals surface area contributed by atoms with Crippen LogP contribution in [-0.2, 0) is 25.6 Å². The van der Waals surface area contributed by atoms with E-state index in [-0.39, 0.29) is 6.42 Å². The standard InChI is InChI=1S/C19H28N4O7/c1-10(24)15(22-14(26)9-20)18(28)21-13(8-12-6-4-3-5-7-12)17(27)23-16(11(2)25)19(29)30/h3-7,10-11,13,15-16,24-25H,8-9,20H2,1-2H3,(H,21,28)(H,22,26)(H,23,27)(H,29,30). The Balaban J connectivity index is 3.07. The number of hydrogen-bond acceptors (Lipinski definition) is 7. The number of carbonyl (C=O) groups is 4. The van der Waals surface area contributed by atoms with Crippen LogP contribution in [0.3, 0.4) is 0 Å². The summed E-state index contributed by atoms with van der Waals surface area (Å²) in [7, 11) is 0. The molecule has 30 heavy (non-hydrogen) atoms. The second-order valence-corrected chi connectivity index (χ2v) is 6.81. The number of rotatable bonds is 11. The molecular weight excluding hydrogens is 396 g/mol. The predicted molar refractivity (Wildman–Crippen MR) is 106 cm³/mol. The molecular formula is C19H28N4O7. The minimum atomic E-state index is -1.59. The maximum absolute atomic E-state index is 12.7. The third-order valence-corrected chi connectivity index (χ3v) is 4.23. The van der Waals surface area contributed by atoms with Crippen molar-refractivity contribution < 1.29 is 34.5 Å². The lowest BCUT2D eigenvalue weighted by molar-refractivity contribution is -0.145. The van der Waals surface area contributed by atoms with Gasteiger partial charge in [-0.3, -0.25) is 14.4 Å². The Morgan fingerprint density at radius 1 is 0.900 bits per heavy atom. The fraction of sp³-hybridized carbons (Fsp3) is 0.474. The Morgan fingerprint density at radius 3 is 1.93 bits per heavy atom. The smallest absolute Gasteiger partial charge is 0.328 e. The van der Waals surface area contributed by atoms with E-state index in [1.54, 1.807) is 30.3 Å². The second-order valence-electron chi connectivity index (χ2n) is 6.81. The molecule has 0 bridgehead atoms. The molecule has 0 aliphatic rings. The van der Waals surface area contributed by atoms with Gasteiger partial charge >= 0.3 is 5.97 Å². The van der Waals surface area contributed by atoms with Crippen LogP contribution in [-0.4, -0.2) is 75.9 Å². The number of benzene rings is 1. The molecule has 1 aromatic carbocycles. The van der Waals surface area contributed by atoms with Gasteiger partial charge < -0.3 is 37.0 Å². The lowest BCUT2D eigenvalue weighted by Gasteiger charge is -2.26. The van der Waals surface area contributed by atoms with Gasteiger partial charge in [0.1, 0.15) is 12.1 Å². The fourth-order valence-electron chi connectivity index (χ4n) is 2.60. The molecule has 0 aromatic heterocycles. The van der Waals surface area contributed by atoms with Crippen molar-refractivity contribution in [1.29, 1.82) is 0 Å². The molecule has 0 saturated carbocycles. The van der Waals surface area contributed by atoms with Crippen LogP contribution in [0.25, 0.3) is 0 Å². The molecule has 0 aliphatic carbocycles. The molecule has 5 atom stereocenters. The maximum Gasteiger partial charge on any atom is 0.328 e. The van der Waals surface area contributed by atoms with Gasteiger partial charge in [0.05, 0.1) is 18.8 Å². The van der Waals surface area contributed by atoms with Crippen LogP contribution < -0.4 is 21.7 Å². The van der Waals surface area contributed by atoms with E-state index in [2.05, 4.69) is 16.0 Å². The van der Waals surface area contributed by atoms with Crippen LogP contribution in [0.5, 0.6) is 0 Å². The molecule has 11 nitrogen and oxygen atoms in total. The third-order valence-electron chi connectivity index (χ3n) is 4.23. The van der Waals surface area contributed by atoms with Gasteiger partial charge in [-0.15, -0.1) is 0 Å². The van der Waals surface area contributed by atoms with Crippen molar-refractivity contribution >= 4 is 23.7 Å². The Morgan fingerprint density at radius 2 is 1.47 bits per heavy atom. The number of aliphatic carboxylic acids is 1. The molecule has 1 rings (SSSR count). The van der Waals surface area contributed by atoms with E-state index in [0.717, 1.165) is 0 Å². The number of carboxylic acids is 1. The molecule has 1 aromatic rings. The van der Waals surface area contributed by atoms with Crippen LogP contribution in [0, 0.1) is 0 Å². The fourth-order valence-corrected chi connectivity index (χ4v) is 2.60. The van der Waals surface area contributed by atoms with Crippen molar-refractivity contribution in [2.75, 3.05) is 6.54 Å². The number of nitrogens with two attached hydrogens (primary N) is 1. The zero-order valence-electron chi connectivity index (χ0n) is 16.7. The lowest BCUT2D eigenvalue weighted by Crippen LogP contribution is -2.60. The monoisotopic (exact) mass is 424 g/mol. The van der Waals surface area contributed by atoms with Gasteiger partial charge in [0, 0.05) is 6.42 Å². The first-order valence-electron chi connectivity index (χ1n) is 9.29. The second kappa shape index (κ2) is 11.9. The number of amides is 3. The van der Waals surface area contributed by atoms with Gasteiger partial charge in [0.25, 0.3) is 0 Å². The van der Waals surface area contributed by atoms with Gasteiger partial charge in [0.2, 0.25) is 17.7 Å². The molecule has 166 valence electrons. The number of aliphatic hydroxyl groups excluding tert-OH is 2. The summed E-state index contributed by atoms with van der Waals surface area (Å²) in [5.41, 5.74) is 5.88. The van der Waals surface area contributed by atoms with Gasteiger partial charge in [-0.2, -0.15) is 0 Å². The minimum Gasteiger partial charge on any atom is -0.480 e. The predicted octanol–water partition coefficient (Wildman–Crippen LogP) is -2.51. The number of hydrogen-bond donors (Lipinski definition) is 7. The molecule has 0 spiro atoms. The molecule has 0 fully saturated rings. The van der Waals surface area contributed by atoms with Crippen molar-refractivity contribution in [2.45, 2.75) is 50.6 Å². The van der Waals surface area contributed by atoms with Gasteiger partial charge in [-0.1, -0.05) is 30.3 Å². The molecule has 0 radical (unpaired) electrons. The van der Waals surface area contributed by atoms with Crippen LogP contribution in [0.4, 0.5) is 0 Å². The van der Waals surface area contributed by atoms with E-state index in [9.17, 15) is 34.5 Å². The van der Waals surface area contributed by atoms with E-state index in [1.807, 2.05) is 0 Å². The van der Waals surface area contributed by atoms with Crippen molar-refractivity contribution in [2.24, 2.45) is 5.73 Å². The topological polar surface area (TPSA) is 191 Å². The third kappa shape index (κ3) is 7.78. The summed E-state index contributed by atoms with van der Waals surface area (Å²) in [4.78, 5) is 48.1. The van der Waals surface area contributed by atoms with Crippen LogP contribution in [0.2, 0.25) is 0 Å². The van der Waals surface area contributed by atoms with Crippen molar-refractivity contribution in [3.8, 4) is 0 Å². The van der Waals surface area contributed by atoms with Crippen LogP contribution in [0.1, 0.15) is 19.4 Å². The number of carboxylic acid groups (broad SMARTS) is 1. The zero-order valence-corrected chi connectivity index (χ0v) is 16.7. The normalized spacial score (nSPS) is 15.8. The number of nitrogens with one attached hydrogen (secondary N) is 3. The zero-order chi connectivity index (χ0) is 22.8. The van der Waals surface area contributed by atoms with Gasteiger partial charge in [-0.05, 0) is 19.4 Å². The Labute approximate surface area is 173 Å². The van der Waals surface area contributed by atoms with Crippen molar-refractivity contribution in [3.05, 3.63) is 35.9 Å². The summed E-state index contributed by atoms with van der Waals surface area (Å²) in [6.07, 6.45) is -2.67. The molecule has 11 heteroatoms. The first kappa shape index (κ1) is 25.0. The quantitative estimate of drug-likeness (QED) is 0.202. The summed E-state index contributed by atoms with van der Waals surface area (Å²) in [5, 5.41) is 35.5. The summed E-state index contributed by atoms with van der Waals surface area (Å²) >= 11 is 0. The van der Waals surface area contributed by atoms with E-state index < -0.39 is 60.6 Å². The average molecular weight is 424 g/mol. The first-order chi connectivity index (χ1) is 14.1. The first-order valence-corrected chi connectivity index (χ1v) is 9.29. The Bertz CT molecular complexity index is 740. The van der Waals surface area contributed by atoms with Crippen LogP contribution in [0.15, 0.2) is 30.3 Å². The number of carbonyl (C=O) groups excluding carboxylic acids is 3. The molecule has 3 amide bonds. The number of aliphatic hydroxyl groups is 2. The average Bonchev–Trinajstić information content (AvgIpc) is 2.69. The van der Waals surface area contributed by atoms with E-state index >= 15 is 0 Å².